The van der Waals surface area contributed by atoms with E-state index in [1.807, 2.05) is 56.2 Å². The van der Waals surface area contributed by atoms with Crippen molar-refractivity contribution in [2.75, 3.05) is 23.3 Å². The summed E-state index contributed by atoms with van der Waals surface area (Å²) in [6.45, 7) is 7.36. The van der Waals surface area contributed by atoms with E-state index in [1.165, 1.54) is 17.7 Å². The van der Waals surface area contributed by atoms with E-state index in [2.05, 4.69) is 10.3 Å². The van der Waals surface area contributed by atoms with Crippen molar-refractivity contribution in [1.29, 1.82) is 0 Å². The van der Waals surface area contributed by atoms with E-state index in [-0.39, 0.29) is 24.1 Å². The Kier molecular flexibility index (Phi) is 9.53. The van der Waals surface area contributed by atoms with Crippen molar-refractivity contribution in [3.63, 3.8) is 0 Å². The minimum atomic E-state index is -0.410. The monoisotopic (exact) mass is 458 g/mol. The third kappa shape index (κ3) is 6.01. The third-order valence-electron chi connectivity index (χ3n) is 4.93. The predicted octanol–water partition coefficient (Wildman–Crippen LogP) is 4.38. The molecule has 0 radical (unpaired) electrons. The molecule has 172 valence electrons. The molecule has 8 heteroatoms. The number of ketones is 1. The molecule has 0 saturated heterocycles. The molecule has 0 spiro atoms. The Morgan fingerprint density at radius 1 is 1.31 bits per heavy atom. The number of carbonyl (C=O) groups excluding carboxylic acids is 1. The van der Waals surface area contributed by atoms with E-state index in [4.69, 9.17) is 16.3 Å². The molecule has 1 N–H and O–H groups in total. The van der Waals surface area contributed by atoms with E-state index < -0.39 is 5.92 Å². The molecule has 2 atom stereocenters. The topological polar surface area (TPSA) is 76.5 Å². The lowest BCUT2D eigenvalue weighted by Crippen LogP contribution is -2.37. The lowest BCUT2D eigenvalue weighted by molar-refractivity contribution is -0.120. The van der Waals surface area contributed by atoms with Crippen molar-refractivity contribution in [3.8, 4) is 0 Å². The van der Waals surface area contributed by atoms with Crippen LogP contribution in [0.15, 0.2) is 65.2 Å². The summed E-state index contributed by atoms with van der Waals surface area (Å²) in [7, 11) is 1.83. The summed E-state index contributed by atoms with van der Waals surface area (Å²) in [5.41, 5.74) is 1.29. The average Bonchev–Trinajstić information content (AvgIpc) is 3.14. The molecule has 0 saturated carbocycles. The number of allylic oxidation sites excluding steroid dienone is 4. The summed E-state index contributed by atoms with van der Waals surface area (Å²) in [4.78, 5) is 29.0. The molecule has 2 aromatic rings. The van der Waals surface area contributed by atoms with Crippen LogP contribution >= 0.6 is 11.6 Å². The lowest BCUT2D eigenvalue weighted by atomic mass is 10.1. The number of benzene rings is 1. The van der Waals surface area contributed by atoms with Crippen LogP contribution in [0.5, 0.6) is 0 Å². The highest BCUT2D eigenvalue weighted by atomic mass is 35.5. The van der Waals surface area contributed by atoms with Crippen molar-refractivity contribution < 1.29 is 9.53 Å². The van der Waals surface area contributed by atoms with Gasteiger partial charge in [0.2, 0.25) is 5.95 Å². The fourth-order valence-electron chi connectivity index (χ4n) is 3.15. The normalized spacial score (nSPS) is 16.1. The van der Waals surface area contributed by atoms with Crippen LogP contribution in [0.1, 0.15) is 45.1 Å². The van der Waals surface area contributed by atoms with Crippen LogP contribution < -0.4 is 15.9 Å². The van der Waals surface area contributed by atoms with Crippen molar-refractivity contribution in [3.05, 3.63) is 82.0 Å². The van der Waals surface area contributed by atoms with Crippen molar-refractivity contribution >= 4 is 23.3 Å². The van der Waals surface area contributed by atoms with Gasteiger partial charge in [0.25, 0.3) is 5.56 Å². The first-order valence-corrected chi connectivity index (χ1v) is 11.2. The first kappa shape index (κ1) is 25.2. The molecule has 7 nitrogen and oxygen atoms in total. The fraction of sp³-hybridized carbons (Fsp3) is 0.375. The number of nitrogens with one attached hydrogen (secondary N) is 1. The SMILES string of the molecule is CC.CC(=O)C(C)/C(=C\C=C/CCl)OCc1cc(=O)n2c(n1)NC(c1ccccc1)N2C. The molecule has 1 aromatic heterocycles. The third-order valence-corrected chi connectivity index (χ3v) is 5.11. The van der Waals surface area contributed by atoms with Crippen molar-refractivity contribution in [2.45, 2.75) is 40.5 Å². The van der Waals surface area contributed by atoms with Crippen molar-refractivity contribution in [1.82, 2.24) is 9.66 Å². The van der Waals surface area contributed by atoms with Gasteiger partial charge < -0.3 is 10.1 Å². The maximum atomic E-state index is 12.7. The molecule has 1 aromatic carbocycles. The van der Waals surface area contributed by atoms with Crippen LogP contribution in [-0.4, -0.2) is 28.4 Å². The predicted molar refractivity (Wildman–Crippen MR) is 129 cm³/mol. The number of anilines is 1. The van der Waals surface area contributed by atoms with Crippen LogP contribution in [0, 0.1) is 5.92 Å². The largest absolute Gasteiger partial charge is 0.491 e. The van der Waals surface area contributed by atoms with Gasteiger partial charge in [-0.05, 0) is 25.5 Å². The average molecular weight is 459 g/mol. The first-order chi connectivity index (χ1) is 15.4. The number of alkyl halides is 1. The Bertz CT molecular complexity index is 1020. The minimum Gasteiger partial charge on any atom is -0.491 e. The molecular weight excluding hydrogens is 428 g/mol. The number of hydrogen-bond acceptors (Lipinski definition) is 6. The van der Waals surface area contributed by atoms with Crippen LogP contribution in [0.4, 0.5) is 5.95 Å². The van der Waals surface area contributed by atoms with Crippen LogP contribution in [0.25, 0.3) is 0 Å². The van der Waals surface area contributed by atoms with Gasteiger partial charge in [-0.1, -0.05) is 56.3 Å². The maximum absolute atomic E-state index is 12.7. The number of fused-ring (bicyclic) bond motifs is 1. The summed E-state index contributed by atoms with van der Waals surface area (Å²) in [6.07, 6.45) is 5.01. The maximum Gasteiger partial charge on any atom is 0.274 e. The number of aromatic nitrogens is 2. The van der Waals surface area contributed by atoms with E-state index in [0.29, 0.717) is 23.3 Å². The van der Waals surface area contributed by atoms with E-state index in [1.54, 1.807) is 25.2 Å². The first-order valence-electron chi connectivity index (χ1n) is 10.7. The van der Waals surface area contributed by atoms with Gasteiger partial charge in [0.1, 0.15) is 24.3 Å². The Morgan fingerprint density at radius 2 is 2.00 bits per heavy atom. The molecule has 2 unspecified atom stereocenters. The zero-order chi connectivity index (χ0) is 23.7. The quantitative estimate of drug-likeness (QED) is 0.359. The van der Waals surface area contributed by atoms with Gasteiger partial charge >= 0.3 is 0 Å². The Hall–Kier alpha value is -3.06. The van der Waals surface area contributed by atoms with Gasteiger partial charge in [-0.25, -0.2) is 4.98 Å². The summed E-state index contributed by atoms with van der Waals surface area (Å²) in [5, 5.41) is 5.09. The number of ether oxygens (including phenoxy) is 1. The van der Waals surface area contributed by atoms with Gasteiger partial charge in [0.05, 0.1) is 11.6 Å². The molecule has 1 aliphatic heterocycles. The second-order valence-electron chi connectivity index (χ2n) is 7.02. The van der Waals surface area contributed by atoms with Gasteiger partial charge in [-0.2, -0.15) is 4.68 Å². The molecule has 32 heavy (non-hydrogen) atoms. The highest BCUT2D eigenvalue weighted by Gasteiger charge is 2.29. The molecule has 0 bridgehead atoms. The van der Waals surface area contributed by atoms with Crippen LogP contribution in [0.2, 0.25) is 0 Å². The highest BCUT2D eigenvalue weighted by molar-refractivity contribution is 6.18. The number of halogens is 1. The molecule has 2 heterocycles. The molecule has 0 aliphatic carbocycles. The van der Waals surface area contributed by atoms with E-state index in [9.17, 15) is 9.59 Å². The molecule has 3 rings (SSSR count). The lowest BCUT2D eigenvalue weighted by Gasteiger charge is -2.21. The van der Waals surface area contributed by atoms with Gasteiger partial charge in [0.15, 0.2) is 0 Å². The highest BCUT2D eigenvalue weighted by Crippen LogP contribution is 2.26. The second-order valence-corrected chi connectivity index (χ2v) is 7.33. The number of rotatable bonds is 8. The van der Waals surface area contributed by atoms with Crippen molar-refractivity contribution in [2.24, 2.45) is 5.92 Å². The van der Waals surface area contributed by atoms with Crippen LogP contribution in [0.3, 0.4) is 0 Å². The Labute approximate surface area is 194 Å². The van der Waals surface area contributed by atoms with E-state index >= 15 is 0 Å². The van der Waals surface area contributed by atoms with Gasteiger partial charge in [-0.15, -0.1) is 11.6 Å². The summed E-state index contributed by atoms with van der Waals surface area (Å²) in [6, 6.07) is 11.3. The zero-order valence-electron chi connectivity index (χ0n) is 19.2. The molecule has 0 amide bonds. The molecular formula is C24H31ClN4O3. The van der Waals surface area contributed by atoms with Gasteiger partial charge in [0, 0.05) is 19.0 Å². The van der Waals surface area contributed by atoms with E-state index in [0.717, 1.165) is 5.56 Å². The standard InChI is InChI=1S/C22H25ClN4O3.C2H6/c1-15(16(2)28)19(11-7-8-12-23)30-14-18-13-20(29)27-22(24-18)25-21(26(27)3)17-9-5-4-6-10-17;1-2/h4-11,13,15,21H,12,14H2,1-3H3,(H,24,25);1-2H3/b8-7-,19-11+;. The number of nitrogens with zero attached hydrogens (tertiary/aromatic N) is 3. The number of carbonyl (C=O) groups is 1. The summed E-state index contributed by atoms with van der Waals surface area (Å²) < 4.78 is 7.34. The second kappa shape index (κ2) is 12.1. The minimum absolute atomic E-state index is 0.0171. The molecule has 1 aliphatic rings. The summed E-state index contributed by atoms with van der Waals surface area (Å²) in [5.74, 6) is 0.884. The van der Waals surface area contributed by atoms with Crippen LogP contribution in [-0.2, 0) is 16.1 Å². The Morgan fingerprint density at radius 3 is 2.62 bits per heavy atom. The fourth-order valence-corrected chi connectivity index (χ4v) is 3.25. The molecule has 0 fully saturated rings. The summed E-state index contributed by atoms with van der Waals surface area (Å²) >= 11 is 5.66. The number of Topliss-reactive ketones (excluding diaryl/α,β-unsaturated/α-hetero) is 1. The number of hydrogen-bond donors (Lipinski definition) is 1. The van der Waals surface area contributed by atoms with Gasteiger partial charge in [-0.3, -0.25) is 14.6 Å². The Balaban J connectivity index is 0.00000176. The zero-order valence-corrected chi connectivity index (χ0v) is 20.0. The smallest absolute Gasteiger partial charge is 0.274 e.